The first kappa shape index (κ1) is 13.7. The van der Waals surface area contributed by atoms with Gasteiger partial charge in [0.1, 0.15) is 0 Å². The van der Waals surface area contributed by atoms with Crippen LogP contribution >= 0.6 is 12.6 Å². The van der Waals surface area contributed by atoms with E-state index < -0.39 is 0 Å². The minimum Gasteiger partial charge on any atom is -0.493 e. The van der Waals surface area contributed by atoms with E-state index in [2.05, 4.69) is 18.7 Å². The monoisotopic (exact) mass is 251 g/mol. The first-order chi connectivity index (χ1) is 8.31. The maximum absolute atomic E-state index is 8.77. The molecule has 0 saturated carbocycles. The van der Waals surface area contributed by atoms with Crippen molar-refractivity contribution in [1.82, 2.24) is 0 Å². The molecule has 0 aliphatic carbocycles. The number of unbranched alkanes of at least 4 members (excludes halogenated alkanes) is 2. The summed E-state index contributed by atoms with van der Waals surface area (Å²) in [6.07, 6.45) is 3.22. The molecule has 0 atom stereocenters. The summed E-state index contributed by atoms with van der Waals surface area (Å²) in [5, 5.41) is 8.77. The van der Waals surface area contributed by atoms with E-state index in [4.69, 9.17) is 14.7 Å². The second kappa shape index (κ2) is 7.86. The zero-order valence-corrected chi connectivity index (χ0v) is 10.9. The fraction of sp³-hybridized carbons (Fsp3) is 0.462. The van der Waals surface area contributed by atoms with Crippen LogP contribution in [0.3, 0.4) is 0 Å². The summed E-state index contributed by atoms with van der Waals surface area (Å²) >= 11 is 4.15. The number of rotatable bonds is 7. The van der Waals surface area contributed by atoms with Gasteiger partial charge in [0, 0.05) is 6.07 Å². The maximum Gasteiger partial charge on any atom is 0.162 e. The average Bonchev–Trinajstić information content (AvgIpc) is 2.38. The normalized spacial score (nSPS) is 9.71. The molecule has 1 aromatic carbocycles. The standard InChI is InChI=1S/C13H17NO2S/c1-15-13-9-11(10-14)5-6-12(13)16-7-3-2-4-8-17/h5-6,9,17H,2-4,7-8H2,1H3. The number of thiol groups is 1. The highest BCUT2D eigenvalue weighted by Crippen LogP contribution is 2.27. The van der Waals surface area contributed by atoms with Crippen molar-refractivity contribution >= 4 is 12.6 Å². The van der Waals surface area contributed by atoms with Gasteiger partial charge in [-0.05, 0) is 37.1 Å². The van der Waals surface area contributed by atoms with Crippen LogP contribution in [0.1, 0.15) is 24.8 Å². The highest BCUT2D eigenvalue weighted by Gasteiger charge is 2.05. The first-order valence-corrected chi connectivity index (χ1v) is 6.27. The molecule has 3 nitrogen and oxygen atoms in total. The van der Waals surface area contributed by atoms with Gasteiger partial charge in [-0.2, -0.15) is 17.9 Å². The summed E-state index contributed by atoms with van der Waals surface area (Å²) in [5.74, 6) is 2.22. The smallest absolute Gasteiger partial charge is 0.162 e. The number of methoxy groups -OCH3 is 1. The predicted molar refractivity (Wildman–Crippen MR) is 70.9 cm³/mol. The van der Waals surface area contributed by atoms with E-state index in [0.29, 0.717) is 23.7 Å². The topological polar surface area (TPSA) is 42.2 Å². The lowest BCUT2D eigenvalue weighted by molar-refractivity contribution is 0.286. The van der Waals surface area contributed by atoms with Crippen molar-refractivity contribution in [3.63, 3.8) is 0 Å². The Kier molecular flexibility index (Phi) is 6.34. The third-order valence-corrected chi connectivity index (χ3v) is 2.67. The molecule has 0 radical (unpaired) electrons. The van der Waals surface area contributed by atoms with Gasteiger partial charge in [0.2, 0.25) is 0 Å². The van der Waals surface area contributed by atoms with E-state index in [1.165, 1.54) is 0 Å². The van der Waals surface area contributed by atoms with Crippen molar-refractivity contribution in [2.75, 3.05) is 19.5 Å². The lowest BCUT2D eigenvalue weighted by atomic mass is 10.2. The average molecular weight is 251 g/mol. The summed E-state index contributed by atoms with van der Waals surface area (Å²) in [6.45, 7) is 0.663. The Morgan fingerprint density at radius 3 is 2.71 bits per heavy atom. The number of nitriles is 1. The van der Waals surface area contributed by atoms with Gasteiger partial charge in [0.15, 0.2) is 11.5 Å². The third kappa shape index (κ3) is 4.58. The molecule has 0 aliphatic heterocycles. The molecule has 92 valence electrons. The molecule has 1 aromatic rings. The molecule has 4 heteroatoms. The number of nitrogens with zero attached hydrogens (tertiary/aromatic N) is 1. The van der Waals surface area contributed by atoms with Crippen molar-refractivity contribution in [3.8, 4) is 17.6 Å². The van der Waals surface area contributed by atoms with Crippen LogP contribution in [0.15, 0.2) is 18.2 Å². The molecule has 0 bridgehead atoms. The van der Waals surface area contributed by atoms with Crippen molar-refractivity contribution in [2.45, 2.75) is 19.3 Å². The molecule has 0 spiro atoms. The highest BCUT2D eigenvalue weighted by atomic mass is 32.1. The first-order valence-electron chi connectivity index (χ1n) is 5.63. The van der Waals surface area contributed by atoms with Crippen LogP contribution in [0, 0.1) is 11.3 Å². The van der Waals surface area contributed by atoms with Crippen LogP contribution in [-0.4, -0.2) is 19.5 Å². The van der Waals surface area contributed by atoms with Gasteiger partial charge in [-0.25, -0.2) is 0 Å². The minimum atomic E-state index is 0.573. The van der Waals surface area contributed by atoms with Crippen molar-refractivity contribution in [3.05, 3.63) is 23.8 Å². The van der Waals surface area contributed by atoms with Crippen LogP contribution in [0.25, 0.3) is 0 Å². The molecular weight excluding hydrogens is 234 g/mol. The molecule has 1 rings (SSSR count). The van der Waals surface area contributed by atoms with Gasteiger partial charge in [0.25, 0.3) is 0 Å². The van der Waals surface area contributed by atoms with Gasteiger partial charge in [-0.3, -0.25) is 0 Å². The van der Waals surface area contributed by atoms with Crippen LogP contribution < -0.4 is 9.47 Å². The van der Waals surface area contributed by atoms with Gasteiger partial charge < -0.3 is 9.47 Å². The predicted octanol–water partition coefficient (Wildman–Crippen LogP) is 3.05. The number of hydrogen-bond donors (Lipinski definition) is 1. The Labute approximate surface area is 108 Å². The second-order valence-electron chi connectivity index (χ2n) is 3.61. The zero-order valence-electron chi connectivity index (χ0n) is 9.98. The fourth-order valence-corrected chi connectivity index (χ4v) is 1.65. The van der Waals surface area contributed by atoms with E-state index >= 15 is 0 Å². The molecular formula is C13H17NO2S. The number of ether oxygens (including phenoxy) is 2. The molecule has 0 fully saturated rings. The van der Waals surface area contributed by atoms with Gasteiger partial charge in [-0.15, -0.1) is 0 Å². The Morgan fingerprint density at radius 2 is 2.06 bits per heavy atom. The van der Waals surface area contributed by atoms with E-state index in [-0.39, 0.29) is 0 Å². The van der Waals surface area contributed by atoms with E-state index in [9.17, 15) is 0 Å². The minimum absolute atomic E-state index is 0.573. The van der Waals surface area contributed by atoms with E-state index in [0.717, 1.165) is 25.0 Å². The molecule has 0 heterocycles. The molecule has 0 amide bonds. The largest absolute Gasteiger partial charge is 0.493 e. The van der Waals surface area contributed by atoms with Crippen LogP contribution in [0.5, 0.6) is 11.5 Å². The Balaban J connectivity index is 2.50. The second-order valence-corrected chi connectivity index (χ2v) is 4.06. The lowest BCUT2D eigenvalue weighted by Gasteiger charge is -2.10. The van der Waals surface area contributed by atoms with Gasteiger partial charge in [-0.1, -0.05) is 0 Å². The highest BCUT2D eigenvalue weighted by molar-refractivity contribution is 7.80. The quantitative estimate of drug-likeness (QED) is 0.598. The summed E-state index contributed by atoms with van der Waals surface area (Å²) in [4.78, 5) is 0. The van der Waals surface area contributed by atoms with Crippen LogP contribution in [0.4, 0.5) is 0 Å². The summed E-state index contributed by atoms with van der Waals surface area (Å²) < 4.78 is 10.8. The van der Waals surface area contributed by atoms with Crippen LogP contribution in [0.2, 0.25) is 0 Å². The lowest BCUT2D eigenvalue weighted by Crippen LogP contribution is -1.99. The van der Waals surface area contributed by atoms with Crippen molar-refractivity contribution in [2.24, 2.45) is 0 Å². The Hall–Kier alpha value is -1.34. The molecule has 17 heavy (non-hydrogen) atoms. The molecule has 0 aliphatic rings. The summed E-state index contributed by atoms with van der Waals surface area (Å²) in [6, 6.07) is 7.25. The van der Waals surface area contributed by atoms with Gasteiger partial charge >= 0.3 is 0 Å². The molecule has 0 unspecified atom stereocenters. The van der Waals surface area contributed by atoms with Crippen molar-refractivity contribution in [1.29, 1.82) is 5.26 Å². The Morgan fingerprint density at radius 1 is 1.24 bits per heavy atom. The molecule has 0 N–H and O–H groups in total. The third-order valence-electron chi connectivity index (χ3n) is 2.35. The molecule has 0 aromatic heterocycles. The van der Waals surface area contributed by atoms with E-state index in [1.807, 2.05) is 0 Å². The Bertz CT molecular complexity index is 387. The zero-order chi connectivity index (χ0) is 12.5. The summed E-state index contributed by atoms with van der Waals surface area (Å²) in [7, 11) is 1.57. The van der Waals surface area contributed by atoms with E-state index in [1.54, 1.807) is 25.3 Å². The number of benzene rings is 1. The summed E-state index contributed by atoms with van der Waals surface area (Å²) in [5.41, 5.74) is 0.573. The number of hydrogen-bond acceptors (Lipinski definition) is 4. The molecule has 0 saturated heterocycles. The maximum atomic E-state index is 8.77. The fourth-order valence-electron chi connectivity index (χ4n) is 1.43. The van der Waals surface area contributed by atoms with Crippen LogP contribution in [-0.2, 0) is 0 Å². The SMILES string of the molecule is COc1cc(C#N)ccc1OCCCCCS. The van der Waals surface area contributed by atoms with Crippen molar-refractivity contribution < 1.29 is 9.47 Å². The van der Waals surface area contributed by atoms with Gasteiger partial charge in [0.05, 0.1) is 25.3 Å².